The van der Waals surface area contributed by atoms with Gasteiger partial charge in [0.1, 0.15) is 11.5 Å². The van der Waals surface area contributed by atoms with Crippen molar-refractivity contribution in [3.8, 4) is 11.5 Å². The minimum Gasteiger partial charge on any atom is -0.457 e. The average Bonchev–Trinajstić information content (AvgIpc) is 3.30. The Labute approximate surface area is 171 Å². The van der Waals surface area contributed by atoms with Crippen LogP contribution < -0.4 is 9.64 Å². The van der Waals surface area contributed by atoms with E-state index in [1.54, 1.807) is 0 Å². The van der Waals surface area contributed by atoms with Crippen LogP contribution in [-0.2, 0) is 4.79 Å². The number of piperazine rings is 1. The summed E-state index contributed by atoms with van der Waals surface area (Å²) in [4.78, 5) is 30.3. The van der Waals surface area contributed by atoms with Crippen LogP contribution in [-0.4, -0.2) is 67.4 Å². The van der Waals surface area contributed by atoms with Crippen LogP contribution in [0.5, 0.6) is 11.5 Å². The first kappa shape index (κ1) is 19.5. The van der Waals surface area contributed by atoms with Crippen LogP contribution in [0.1, 0.15) is 23.2 Å². The van der Waals surface area contributed by atoms with Gasteiger partial charge in [-0.05, 0) is 49.2 Å². The molecule has 1 N–H and O–H groups in total. The molecule has 2 saturated heterocycles. The number of carbonyl (C=O) groups excluding carboxylic acids is 2. The summed E-state index contributed by atoms with van der Waals surface area (Å²) < 4.78 is 5.79. The molecule has 152 valence electrons. The quantitative estimate of drug-likeness (QED) is 0.835. The number of hydrogen-bond donors (Lipinski definition) is 1. The molecule has 4 rings (SSSR count). The number of para-hydroxylation sites is 1. The molecule has 2 aliphatic rings. The molecule has 2 aromatic carbocycles. The van der Waals surface area contributed by atoms with Gasteiger partial charge >= 0.3 is 0 Å². The maximum absolute atomic E-state index is 12.8. The number of nitrogens with one attached hydrogen (secondary N) is 1. The van der Waals surface area contributed by atoms with Gasteiger partial charge in [0.15, 0.2) is 6.54 Å². The molecule has 0 bridgehead atoms. The van der Waals surface area contributed by atoms with E-state index in [0.29, 0.717) is 30.9 Å². The van der Waals surface area contributed by atoms with E-state index in [0.717, 1.165) is 44.8 Å². The van der Waals surface area contributed by atoms with Crippen molar-refractivity contribution in [3.63, 3.8) is 0 Å². The molecule has 2 aliphatic heterocycles. The molecule has 0 spiro atoms. The van der Waals surface area contributed by atoms with Gasteiger partial charge in [0.2, 0.25) is 0 Å². The first-order chi connectivity index (χ1) is 14.2. The number of rotatable bonds is 5. The first-order valence-corrected chi connectivity index (χ1v) is 10.4. The number of quaternary nitrogens is 1. The predicted octanol–water partition coefficient (Wildman–Crippen LogP) is 1.44. The average molecular weight is 394 g/mol. The number of likely N-dealkylation sites (tertiary alicyclic amines) is 1. The van der Waals surface area contributed by atoms with Crippen molar-refractivity contribution in [3.05, 3.63) is 60.2 Å². The molecule has 6 heteroatoms. The number of hydrogen-bond acceptors (Lipinski definition) is 3. The van der Waals surface area contributed by atoms with Crippen LogP contribution in [0.25, 0.3) is 0 Å². The summed E-state index contributed by atoms with van der Waals surface area (Å²) in [6.07, 6.45) is 2.25. The topological polar surface area (TPSA) is 54.3 Å². The molecule has 6 nitrogen and oxygen atoms in total. The summed E-state index contributed by atoms with van der Waals surface area (Å²) in [5.74, 6) is 1.78. The van der Waals surface area contributed by atoms with E-state index in [2.05, 4.69) is 0 Å². The van der Waals surface area contributed by atoms with Crippen molar-refractivity contribution in [1.29, 1.82) is 0 Å². The van der Waals surface area contributed by atoms with Gasteiger partial charge < -0.3 is 19.4 Å². The van der Waals surface area contributed by atoms with Crippen LogP contribution in [0.3, 0.4) is 0 Å². The SMILES string of the molecule is O=C(C[NH+]1CCN(C(=O)c2ccc(Oc3ccccc3)cc2)CC1)N1CCCC1. The summed E-state index contributed by atoms with van der Waals surface area (Å²) >= 11 is 0. The van der Waals surface area contributed by atoms with Crippen LogP contribution in [0.4, 0.5) is 0 Å². The Morgan fingerprint density at radius 2 is 1.41 bits per heavy atom. The third kappa shape index (κ3) is 4.95. The summed E-state index contributed by atoms with van der Waals surface area (Å²) in [6, 6.07) is 16.9. The molecule has 0 radical (unpaired) electrons. The molecule has 29 heavy (non-hydrogen) atoms. The van der Waals surface area contributed by atoms with Crippen molar-refractivity contribution in [2.24, 2.45) is 0 Å². The van der Waals surface area contributed by atoms with E-state index >= 15 is 0 Å². The first-order valence-electron chi connectivity index (χ1n) is 10.4. The van der Waals surface area contributed by atoms with E-state index in [4.69, 9.17) is 4.74 Å². The van der Waals surface area contributed by atoms with E-state index in [-0.39, 0.29) is 11.8 Å². The Kier molecular flexibility index (Phi) is 6.10. The lowest BCUT2D eigenvalue weighted by Crippen LogP contribution is -3.15. The fraction of sp³-hybridized carbons (Fsp3) is 0.391. The van der Waals surface area contributed by atoms with Gasteiger partial charge in [0, 0.05) is 18.7 Å². The second-order valence-electron chi connectivity index (χ2n) is 7.75. The van der Waals surface area contributed by atoms with Crippen LogP contribution >= 0.6 is 0 Å². The van der Waals surface area contributed by atoms with Crippen LogP contribution in [0.2, 0.25) is 0 Å². The van der Waals surface area contributed by atoms with Crippen molar-refractivity contribution in [2.45, 2.75) is 12.8 Å². The van der Waals surface area contributed by atoms with Gasteiger partial charge in [-0.1, -0.05) is 18.2 Å². The lowest BCUT2D eigenvalue weighted by Gasteiger charge is -2.32. The Bertz CT molecular complexity index is 824. The smallest absolute Gasteiger partial charge is 0.277 e. The lowest BCUT2D eigenvalue weighted by atomic mass is 10.1. The van der Waals surface area contributed by atoms with Crippen molar-refractivity contribution in [1.82, 2.24) is 9.80 Å². The molecule has 0 unspecified atom stereocenters. The fourth-order valence-corrected chi connectivity index (χ4v) is 3.97. The molecule has 2 aromatic rings. The molecule has 2 amide bonds. The second-order valence-corrected chi connectivity index (χ2v) is 7.75. The van der Waals surface area contributed by atoms with Gasteiger partial charge in [-0.3, -0.25) is 9.59 Å². The molecular weight excluding hydrogens is 366 g/mol. The van der Waals surface area contributed by atoms with E-state index in [1.807, 2.05) is 64.4 Å². The van der Waals surface area contributed by atoms with E-state index in [9.17, 15) is 9.59 Å². The minimum atomic E-state index is 0.0428. The van der Waals surface area contributed by atoms with Gasteiger partial charge in [0.05, 0.1) is 26.2 Å². The van der Waals surface area contributed by atoms with Crippen molar-refractivity contribution >= 4 is 11.8 Å². The van der Waals surface area contributed by atoms with Gasteiger partial charge in [-0.2, -0.15) is 0 Å². The number of carbonyl (C=O) groups is 2. The van der Waals surface area contributed by atoms with E-state index < -0.39 is 0 Å². The normalized spacial score (nSPS) is 17.4. The number of benzene rings is 2. The summed E-state index contributed by atoms with van der Waals surface area (Å²) in [5, 5.41) is 0. The maximum Gasteiger partial charge on any atom is 0.277 e. The minimum absolute atomic E-state index is 0.0428. The molecule has 2 fully saturated rings. The zero-order chi connectivity index (χ0) is 20.1. The Hall–Kier alpha value is -2.86. The predicted molar refractivity (Wildman–Crippen MR) is 110 cm³/mol. The third-order valence-electron chi connectivity index (χ3n) is 5.70. The zero-order valence-electron chi connectivity index (χ0n) is 16.7. The molecule has 0 atom stereocenters. The van der Waals surface area contributed by atoms with Gasteiger partial charge in [-0.25, -0.2) is 0 Å². The number of nitrogens with zero attached hydrogens (tertiary/aromatic N) is 2. The van der Waals surface area contributed by atoms with Gasteiger partial charge in [-0.15, -0.1) is 0 Å². The Morgan fingerprint density at radius 3 is 2.07 bits per heavy atom. The monoisotopic (exact) mass is 394 g/mol. The fourth-order valence-electron chi connectivity index (χ4n) is 3.97. The summed E-state index contributed by atoms with van der Waals surface area (Å²) in [5.41, 5.74) is 0.669. The zero-order valence-corrected chi connectivity index (χ0v) is 16.7. The molecule has 0 aromatic heterocycles. The van der Waals surface area contributed by atoms with Gasteiger partial charge in [0.25, 0.3) is 11.8 Å². The highest BCUT2D eigenvalue weighted by atomic mass is 16.5. The molecule has 0 aliphatic carbocycles. The molecular formula is C23H28N3O3+. The Morgan fingerprint density at radius 1 is 0.793 bits per heavy atom. The molecule has 0 saturated carbocycles. The largest absolute Gasteiger partial charge is 0.457 e. The highest BCUT2D eigenvalue weighted by Crippen LogP contribution is 2.21. The van der Waals surface area contributed by atoms with Crippen LogP contribution in [0, 0.1) is 0 Å². The van der Waals surface area contributed by atoms with Crippen molar-refractivity contribution < 1.29 is 19.2 Å². The second kappa shape index (κ2) is 9.09. The molecule has 2 heterocycles. The van der Waals surface area contributed by atoms with Crippen LogP contribution in [0.15, 0.2) is 54.6 Å². The standard InChI is InChI=1S/C23H27N3O3/c27-22(25-12-4-5-13-25)18-24-14-16-26(17-15-24)23(28)19-8-10-21(11-9-19)29-20-6-2-1-3-7-20/h1-3,6-11H,4-5,12-18H2/p+1. The lowest BCUT2D eigenvalue weighted by molar-refractivity contribution is -0.896. The summed E-state index contributed by atoms with van der Waals surface area (Å²) in [7, 11) is 0. The maximum atomic E-state index is 12.8. The third-order valence-corrected chi connectivity index (χ3v) is 5.70. The Balaban J connectivity index is 1.27. The number of amides is 2. The summed E-state index contributed by atoms with van der Waals surface area (Å²) in [6.45, 7) is 5.36. The van der Waals surface area contributed by atoms with E-state index in [1.165, 1.54) is 4.90 Å². The number of ether oxygens (including phenoxy) is 1. The highest BCUT2D eigenvalue weighted by Gasteiger charge is 2.28. The highest BCUT2D eigenvalue weighted by molar-refractivity contribution is 5.94. The van der Waals surface area contributed by atoms with Crippen molar-refractivity contribution in [2.75, 3.05) is 45.8 Å².